The number of aromatic nitrogens is 5. The molecule has 0 bridgehead atoms. The van der Waals surface area contributed by atoms with Crippen LogP contribution < -0.4 is 37.2 Å². The van der Waals surface area contributed by atoms with Gasteiger partial charge in [-0.05, 0) is 49.2 Å². The van der Waals surface area contributed by atoms with Crippen molar-refractivity contribution in [1.29, 1.82) is 0 Å². The summed E-state index contributed by atoms with van der Waals surface area (Å²) in [5, 5.41) is 0. The maximum atomic E-state index is 5.31. The summed E-state index contributed by atoms with van der Waals surface area (Å²) in [5.41, 5.74) is 6.37. The van der Waals surface area contributed by atoms with E-state index in [1.54, 1.807) is 0 Å². The summed E-state index contributed by atoms with van der Waals surface area (Å²) in [6, 6.07) is 23.6. The number of aryl methyl sites for hydroxylation is 2. The van der Waals surface area contributed by atoms with Crippen LogP contribution >= 0.6 is 0 Å². The Kier molecular flexibility index (Phi) is 36.7. The summed E-state index contributed by atoms with van der Waals surface area (Å²) in [5.74, 6) is 1.94. The van der Waals surface area contributed by atoms with Crippen LogP contribution in [0.3, 0.4) is 0 Å². The maximum Gasteiger partial charge on any atom is 3.00 e. The van der Waals surface area contributed by atoms with Crippen molar-refractivity contribution in [2.24, 2.45) is 0 Å². The Labute approximate surface area is 442 Å². The van der Waals surface area contributed by atoms with E-state index < -0.39 is 0 Å². The van der Waals surface area contributed by atoms with E-state index in [2.05, 4.69) is 89.7 Å². The molecular formula is C55H85Cl3N5Nd. The summed E-state index contributed by atoms with van der Waals surface area (Å²) in [4.78, 5) is 15.7. The largest absolute Gasteiger partial charge is 3.00 e. The van der Waals surface area contributed by atoms with Crippen molar-refractivity contribution in [3.8, 4) is 23.0 Å². The Morgan fingerprint density at radius 1 is 0.312 bits per heavy atom. The number of fused-ring (bicyclic) bond motifs is 2. The molecule has 0 spiro atoms. The topological polar surface area (TPSA) is 48.5 Å². The van der Waals surface area contributed by atoms with Crippen molar-refractivity contribution in [3.05, 3.63) is 66.7 Å². The molecule has 0 amide bonds. The van der Waals surface area contributed by atoms with Gasteiger partial charge in [-0.1, -0.05) is 237 Å². The average Bonchev–Trinajstić information content (AvgIpc) is 3.84. The number of para-hydroxylation sites is 4. The Balaban J connectivity index is 0.00000512. The molecule has 5 nitrogen and oxygen atoms in total. The van der Waals surface area contributed by atoms with Gasteiger partial charge < -0.3 is 46.4 Å². The molecular weight excluding hydrogens is 981 g/mol. The first-order valence-corrected chi connectivity index (χ1v) is 25.7. The van der Waals surface area contributed by atoms with Crippen LogP contribution in [0.25, 0.3) is 45.1 Å². The maximum absolute atomic E-state index is 5.31. The number of halogens is 3. The number of nitrogens with zero attached hydrogens (tertiary/aromatic N) is 5. The predicted octanol–water partition coefficient (Wildman–Crippen LogP) is 8.65. The molecule has 9 heteroatoms. The van der Waals surface area contributed by atoms with Gasteiger partial charge in [0.05, 0.1) is 22.1 Å². The van der Waals surface area contributed by atoms with Crippen molar-refractivity contribution in [2.45, 2.75) is 232 Å². The van der Waals surface area contributed by atoms with Gasteiger partial charge in [0.2, 0.25) is 0 Å². The second-order valence-corrected chi connectivity index (χ2v) is 18.2. The van der Waals surface area contributed by atoms with Gasteiger partial charge in [0.1, 0.15) is 11.4 Å². The first-order valence-electron chi connectivity index (χ1n) is 25.7. The number of unbranched alkanes of at least 4 members (excludes halogenated alkanes) is 30. The fourth-order valence-corrected chi connectivity index (χ4v) is 9.31. The van der Waals surface area contributed by atoms with E-state index in [4.69, 9.17) is 15.0 Å². The molecule has 0 N–H and O–H groups in total. The van der Waals surface area contributed by atoms with Gasteiger partial charge in [-0.2, -0.15) is 0 Å². The van der Waals surface area contributed by atoms with Crippen LogP contribution in [0.1, 0.15) is 219 Å². The summed E-state index contributed by atoms with van der Waals surface area (Å²) in [6.07, 6.45) is 44.3. The average molecular weight is 1070 g/mol. The van der Waals surface area contributed by atoms with E-state index in [-0.39, 0.29) is 78.1 Å². The molecule has 0 aliphatic carbocycles. The minimum atomic E-state index is 0. The molecule has 0 saturated carbocycles. The Morgan fingerprint density at radius 2 is 0.578 bits per heavy atom. The first kappa shape index (κ1) is 60.8. The standard InChI is InChI=1S/C55H85N5.3ClH.Nd/c1-3-5-7-9-11-13-15-17-19-21-23-25-27-29-31-37-46-59-52-44-35-33-40-48(52)57-54(59)50-42-39-43-51(56-50)55-58-49-41-34-36-45-53(49)60(55)47-38-32-30-28-26-24-22-20-18-16-14-12-10-8-6-4-2;;;;/h33-36,39-45H,3-32,37-38,46-47H2,1-2H3;3*1H;/q;;;;+3/p-3. The molecule has 5 aromatic rings. The molecule has 0 saturated heterocycles. The fourth-order valence-electron chi connectivity index (χ4n) is 9.31. The van der Waals surface area contributed by atoms with Crippen LogP contribution in [-0.2, 0) is 13.1 Å². The summed E-state index contributed by atoms with van der Waals surface area (Å²) in [7, 11) is 0. The van der Waals surface area contributed by atoms with Crippen molar-refractivity contribution < 1.29 is 78.1 Å². The van der Waals surface area contributed by atoms with Gasteiger partial charge in [-0.15, -0.1) is 0 Å². The van der Waals surface area contributed by atoms with Crippen molar-refractivity contribution in [2.75, 3.05) is 0 Å². The molecule has 3 aromatic heterocycles. The summed E-state index contributed by atoms with van der Waals surface area (Å²) < 4.78 is 4.84. The third-order valence-corrected chi connectivity index (χ3v) is 13.0. The van der Waals surface area contributed by atoms with Gasteiger partial charge in [-0.25, -0.2) is 15.0 Å². The van der Waals surface area contributed by atoms with E-state index in [0.29, 0.717) is 0 Å². The van der Waals surface area contributed by atoms with Crippen LogP contribution in [-0.4, -0.2) is 24.1 Å². The van der Waals surface area contributed by atoms with E-state index in [0.717, 1.165) is 47.2 Å². The molecule has 5 rings (SSSR count). The molecule has 0 fully saturated rings. The Morgan fingerprint density at radius 3 is 0.875 bits per heavy atom. The third kappa shape index (κ3) is 22.2. The zero-order valence-corrected chi connectivity index (χ0v) is 45.7. The molecule has 64 heavy (non-hydrogen) atoms. The first-order chi connectivity index (χ1) is 29.8. The van der Waals surface area contributed by atoms with Crippen molar-refractivity contribution in [3.63, 3.8) is 0 Å². The van der Waals surface area contributed by atoms with Gasteiger partial charge in [0.15, 0.2) is 11.6 Å². The van der Waals surface area contributed by atoms with Gasteiger partial charge >= 0.3 is 40.8 Å². The second kappa shape index (κ2) is 38.7. The van der Waals surface area contributed by atoms with Gasteiger partial charge in [-0.3, -0.25) is 0 Å². The molecule has 2 aromatic carbocycles. The number of imidazole rings is 2. The van der Waals surface area contributed by atoms with Crippen LogP contribution in [0.4, 0.5) is 0 Å². The van der Waals surface area contributed by atoms with Crippen molar-refractivity contribution in [1.82, 2.24) is 24.1 Å². The fraction of sp³-hybridized carbons (Fsp3) is 0.655. The molecule has 0 aliphatic rings. The Hall–Kier alpha value is -1.25. The van der Waals surface area contributed by atoms with Crippen LogP contribution in [0.5, 0.6) is 0 Å². The third-order valence-electron chi connectivity index (χ3n) is 13.0. The smallest absolute Gasteiger partial charge is 1.00 e. The molecule has 355 valence electrons. The zero-order valence-electron chi connectivity index (χ0n) is 40.3. The number of hydrogen-bond acceptors (Lipinski definition) is 3. The van der Waals surface area contributed by atoms with Gasteiger partial charge in [0, 0.05) is 13.1 Å². The zero-order chi connectivity index (χ0) is 41.7. The SMILES string of the molecule is CCCCCCCCCCCCCCCCCCn1c(-c2cccc(-c3nc4ccccc4n3CCCCCCCCCCCCCCCCCC)n2)nc2ccccc21.[Cl-].[Cl-].[Cl-].[Nd+3]. The van der Waals surface area contributed by atoms with E-state index in [9.17, 15) is 0 Å². The molecule has 0 unspecified atom stereocenters. The molecule has 3 heterocycles. The number of rotatable bonds is 36. The minimum absolute atomic E-state index is 0. The van der Waals surface area contributed by atoms with Crippen molar-refractivity contribution >= 4 is 22.1 Å². The summed E-state index contributed by atoms with van der Waals surface area (Å²) >= 11 is 0. The predicted molar refractivity (Wildman–Crippen MR) is 261 cm³/mol. The number of benzene rings is 2. The van der Waals surface area contributed by atoms with E-state index >= 15 is 0 Å². The van der Waals surface area contributed by atoms with E-state index in [1.165, 1.54) is 216 Å². The molecule has 1 radical (unpaired) electrons. The van der Waals surface area contributed by atoms with Crippen LogP contribution in [0.15, 0.2) is 66.7 Å². The normalized spacial score (nSPS) is 11.0. The minimum Gasteiger partial charge on any atom is -1.00 e. The van der Waals surface area contributed by atoms with Crippen LogP contribution in [0, 0.1) is 40.8 Å². The van der Waals surface area contributed by atoms with Gasteiger partial charge in [0.25, 0.3) is 0 Å². The quantitative estimate of drug-likeness (QED) is 0.0378. The Bertz CT molecular complexity index is 1730. The second-order valence-electron chi connectivity index (χ2n) is 18.2. The van der Waals surface area contributed by atoms with Crippen LogP contribution in [0.2, 0.25) is 0 Å². The molecule has 0 aliphatic heterocycles. The monoisotopic (exact) mass is 1060 g/mol. The summed E-state index contributed by atoms with van der Waals surface area (Å²) in [6.45, 7) is 6.55. The number of pyridine rings is 1. The van der Waals surface area contributed by atoms with E-state index in [1.807, 2.05) is 0 Å². The molecule has 0 atom stereocenters. The number of hydrogen-bond donors (Lipinski definition) is 0.